The van der Waals surface area contributed by atoms with Crippen LogP contribution in [0.4, 0.5) is 0 Å². The third kappa shape index (κ3) is 5.16. The molecule has 1 aliphatic rings. The summed E-state index contributed by atoms with van der Waals surface area (Å²) in [6.07, 6.45) is 3.17. The van der Waals surface area contributed by atoms with Crippen LogP contribution in [-0.2, 0) is 6.42 Å². The minimum absolute atomic E-state index is 0.0751. The van der Waals surface area contributed by atoms with Crippen LogP contribution in [0.1, 0.15) is 29.0 Å². The Hall–Kier alpha value is -2.92. The van der Waals surface area contributed by atoms with E-state index in [0.717, 1.165) is 38.0 Å². The number of nitrogens with zero attached hydrogens (tertiary/aromatic N) is 3. The second-order valence-corrected chi connectivity index (χ2v) is 8.20. The first-order valence-electron chi connectivity index (χ1n) is 10.7. The van der Waals surface area contributed by atoms with Gasteiger partial charge >= 0.3 is 0 Å². The Labute approximate surface area is 178 Å². The Morgan fingerprint density at radius 1 is 1.13 bits per heavy atom. The van der Waals surface area contributed by atoms with Gasteiger partial charge in [-0.3, -0.25) is 4.79 Å². The van der Waals surface area contributed by atoms with E-state index in [1.165, 1.54) is 12.0 Å². The van der Waals surface area contributed by atoms with Crippen LogP contribution in [0.3, 0.4) is 0 Å². The summed E-state index contributed by atoms with van der Waals surface area (Å²) in [5.74, 6) is 0.722. The van der Waals surface area contributed by atoms with Gasteiger partial charge in [0.15, 0.2) is 0 Å². The van der Waals surface area contributed by atoms with Gasteiger partial charge in [0, 0.05) is 31.3 Å². The minimum Gasteiger partial charge on any atom is -0.350 e. The second-order valence-electron chi connectivity index (χ2n) is 8.20. The number of rotatable bonds is 7. The van der Waals surface area contributed by atoms with Crippen LogP contribution in [0.25, 0.3) is 11.3 Å². The average Bonchev–Trinajstić information content (AvgIpc) is 3.28. The molecule has 0 N–H and O–H groups in total. The Morgan fingerprint density at radius 3 is 2.60 bits per heavy atom. The number of hydrogen-bond donors (Lipinski definition) is 0. The maximum atomic E-state index is 13.3. The Bertz CT molecular complexity index is 939. The molecule has 1 saturated heterocycles. The van der Waals surface area contributed by atoms with Crippen LogP contribution in [-0.4, -0.2) is 54.1 Å². The number of amides is 1. The zero-order chi connectivity index (χ0) is 20.8. The van der Waals surface area contributed by atoms with Crippen molar-refractivity contribution >= 4 is 5.91 Å². The Kier molecular flexibility index (Phi) is 6.60. The molecule has 2 aromatic carbocycles. The number of carbonyl (C=O) groups is 1. The van der Waals surface area contributed by atoms with E-state index >= 15 is 0 Å². The van der Waals surface area contributed by atoms with Crippen LogP contribution in [0.5, 0.6) is 0 Å². The predicted molar refractivity (Wildman–Crippen MR) is 118 cm³/mol. The standard InChI is InChI=1S/C25H29N3O2/c1-27-15-8-11-21(18-27)19-28(16-14-20-9-4-2-5-10-20)25(29)24-17-23(26-30-24)22-12-6-3-7-13-22/h2-7,9-10,12-13,17,21H,8,11,14-16,18-19H2,1H3/t21-/m1/s1. The van der Waals surface area contributed by atoms with Crippen molar-refractivity contribution in [3.63, 3.8) is 0 Å². The lowest BCUT2D eigenvalue weighted by Gasteiger charge is -2.33. The van der Waals surface area contributed by atoms with Gasteiger partial charge in [-0.1, -0.05) is 65.8 Å². The Morgan fingerprint density at radius 2 is 1.87 bits per heavy atom. The van der Waals surface area contributed by atoms with E-state index in [2.05, 4.69) is 29.2 Å². The van der Waals surface area contributed by atoms with E-state index in [0.29, 0.717) is 23.9 Å². The number of piperidine rings is 1. The summed E-state index contributed by atoms with van der Waals surface area (Å²) in [5, 5.41) is 4.14. The van der Waals surface area contributed by atoms with E-state index in [-0.39, 0.29) is 5.91 Å². The van der Waals surface area contributed by atoms with E-state index in [1.807, 2.05) is 53.4 Å². The highest BCUT2D eigenvalue weighted by atomic mass is 16.5. The molecule has 5 nitrogen and oxygen atoms in total. The Balaban J connectivity index is 1.50. The summed E-state index contributed by atoms with van der Waals surface area (Å²) in [5.41, 5.74) is 2.88. The number of benzene rings is 2. The summed E-state index contributed by atoms with van der Waals surface area (Å²) in [4.78, 5) is 17.7. The van der Waals surface area contributed by atoms with Crippen molar-refractivity contribution in [1.82, 2.24) is 15.0 Å². The molecule has 1 fully saturated rings. The zero-order valence-electron chi connectivity index (χ0n) is 17.5. The van der Waals surface area contributed by atoms with Crippen LogP contribution < -0.4 is 0 Å². The topological polar surface area (TPSA) is 49.6 Å². The van der Waals surface area contributed by atoms with Gasteiger partial charge in [-0.05, 0) is 44.3 Å². The summed E-state index contributed by atoms with van der Waals surface area (Å²) >= 11 is 0. The smallest absolute Gasteiger partial charge is 0.292 e. The van der Waals surface area contributed by atoms with E-state index in [1.54, 1.807) is 6.07 Å². The first-order valence-corrected chi connectivity index (χ1v) is 10.7. The SMILES string of the molecule is CN1CCC[C@@H](CN(CCc2ccccc2)C(=O)c2cc(-c3ccccc3)no2)C1. The lowest BCUT2D eigenvalue weighted by atomic mass is 9.97. The molecule has 4 rings (SSSR count). The molecule has 0 aliphatic carbocycles. The van der Waals surface area contributed by atoms with Gasteiger partial charge in [-0.2, -0.15) is 0 Å². The van der Waals surface area contributed by atoms with Crippen LogP contribution in [0.2, 0.25) is 0 Å². The highest BCUT2D eigenvalue weighted by Gasteiger charge is 2.26. The molecular formula is C25H29N3O2. The molecule has 1 atom stereocenters. The highest BCUT2D eigenvalue weighted by molar-refractivity contribution is 5.92. The fourth-order valence-corrected chi connectivity index (χ4v) is 4.20. The van der Waals surface area contributed by atoms with Crippen molar-refractivity contribution in [2.45, 2.75) is 19.3 Å². The summed E-state index contributed by atoms with van der Waals surface area (Å²) in [6.45, 7) is 3.58. The van der Waals surface area contributed by atoms with Crippen LogP contribution in [0.15, 0.2) is 71.3 Å². The molecule has 0 spiro atoms. The first-order chi connectivity index (χ1) is 14.7. The third-order valence-electron chi connectivity index (χ3n) is 5.79. The van der Waals surface area contributed by atoms with Crippen molar-refractivity contribution in [3.05, 3.63) is 78.1 Å². The molecule has 156 valence electrons. The largest absolute Gasteiger partial charge is 0.350 e. The van der Waals surface area contributed by atoms with Crippen molar-refractivity contribution in [3.8, 4) is 11.3 Å². The normalized spacial score (nSPS) is 17.0. The molecule has 1 amide bonds. The zero-order valence-corrected chi connectivity index (χ0v) is 17.5. The van der Waals surface area contributed by atoms with Gasteiger partial charge in [0.2, 0.25) is 5.76 Å². The van der Waals surface area contributed by atoms with Gasteiger partial charge in [0.05, 0.1) is 0 Å². The average molecular weight is 404 g/mol. The van der Waals surface area contributed by atoms with Gasteiger partial charge in [-0.25, -0.2) is 0 Å². The molecule has 30 heavy (non-hydrogen) atoms. The molecule has 3 aromatic rings. The van der Waals surface area contributed by atoms with Gasteiger partial charge in [0.1, 0.15) is 5.69 Å². The number of aromatic nitrogens is 1. The summed E-state index contributed by atoms with van der Waals surface area (Å²) in [6, 6.07) is 21.9. The molecule has 0 unspecified atom stereocenters. The molecule has 1 aromatic heterocycles. The van der Waals surface area contributed by atoms with Crippen molar-refractivity contribution < 1.29 is 9.32 Å². The number of likely N-dealkylation sites (tertiary alicyclic amines) is 1. The number of hydrogen-bond acceptors (Lipinski definition) is 4. The van der Waals surface area contributed by atoms with Crippen molar-refractivity contribution in [2.75, 3.05) is 33.2 Å². The van der Waals surface area contributed by atoms with Crippen molar-refractivity contribution in [2.24, 2.45) is 5.92 Å². The second kappa shape index (κ2) is 9.72. The molecule has 0 radical (unpaired) electrons. The maximum absolute atomic E-state index is 13.3. The molecule has 0 bridgehead atoms. The van der Waals surface area contributed by atoms with Gasteiger partial charge < -0.3 is 14.3 Å². The quantitative estimate of drug-likeness (QED) is 0.588. The minimum atomic E-state index is -0.0751. The molecule has 2 heterocycles. The fraction of sp³-hybridized carbons (Fsp3) is 0.360. The van der Waals surface area contributed by atoms with E-state index in [9.17, 15) is 4.79 Å². The first kappa shape index (κ1) is 20.4. The monoisotopic (exact) mass is 403 g/mol. The predicted octanol–water partition coefficient (Wildman–Crippen LogP) is 4.37. The molecule has 0 saturated carbocycles. The lowest BCUT2D eigenvalue weighted by molar-refractivity contribution is 0.0652. The van der Waals surface area contributed by atoms with E-state index < -0.39 is 0 Å². The van der Waals surface area contributed by atoms with Gasteiger partial charge in [-0.15, -0.1) is 0 Å². The molecular weight excluding hydrogens is 374 g/mol. The number of carbonyl (C=O) groups excluding carboxylic acids is 1. The van der Waals surface area contributed by atoms with Crippen molar-refractivity contribution in [1.29, 1.82) is 0 Å². The third-order valence-corrected chi connectivity index (χ3v) is 5.79. The summed E-state index contributed by atoms with van der Waals surface area (Å²) in [7, 11) is 2.16. The van der Waals surface area contributed by atoms with Crippen LogP contribution in [0, 0.1) is 5.92 Å². The lowest BCUT2D eigenvalue weighted by Crippen LogP contribution is -2.42. The van der Waals surface area contributed by atoms with E-state index in [4.69, 9.17) is 4.52 Å². The maximum Gasteiger partial charge on any atom is 0.292 e. The highest BCUT2D eigenvalue weighted by Crippen LogP contribution is 2.22. The fourth-order valence-electron chi connectivity index (χ4n) is 4.20. The van der Waals surface area contributed by atoms with Gasteiger partial charge in [0.25, 0.3) is 5.91 Å². The summed E-state index contributed by atoms with van der Waals surface area (Å²) < 4.78 is 5.47. The molecule has 5 heteroatoms. The molecule has 1 aliphatic heterocycles. The van der Waals surface area contributed by atoms with Crippen LogP contribution >= 0.6 is 0 Å².